The van der Waals surface area contributed by atoms with Gasteiger partial charge in [-0.2, -0.15) is 0 Å². The molecule has 1 aliphatic rings. The van der Waals surface area contributed by atoms with Crippen LogP contribution in [0.25, 0.3) is 0 Å². The van der Waals surface area contributed by atoms with Crippen LogP contribution >= 0.6 is 35.2 Å². The van der Waals surface area contributed by atoms with E-state index in [0.717, 1.165) is 10.6 Å². The van der Waals surface area contributed by atoms with Crippen LogP contribution in [0.2, 0.25) is 5.02 Å². The Bertz CT molecular complexity index is 1190. The molecule has 0 unspecified atom stereocenters. The molecule has 0 atom stereocenters. The summed E-state index contributed by atoms with van der Waals surface area (Å²) in [5.74, 6) is 0.170. The number of thiophene rings is 1. The highest BCUT2D eigenvalue weighted by Gasteiger charge is 2.24. The van der Waals surface area contributed by atoms with Gasteiger partial charge in [0.1, 0.15) is 5.75 Å². The van der Waals surface area contributed by atoms with Gasteiger partial charge in [0, 0.05) is 31.9 Å². The fraction of sp³-hybridized carbons (Fsp3) is 0.208. The van der Waals surface area contributed by atoms with Gasteiger partial charge in [-0.1, -0.05) is 29.8 Å². The van der Waals surface area contributed by atoms with Gasteiger partial charge < -0.3 is 19.9 Å². The summed E-state index contributed by atoms with van der Waals surface area (Å²) in [5, 5.41) is 8.27. The van der Waals surface area contributed by atoms with E-state index < -0.39 is 0 Å². The molecule has 2 aromatic carbocycles. The van der Waals surface area contributed by atoms with Gasteiger partial charge in [-0.15, -0.1) is 11.3 Å². The minimum atomic E-state index is -0.368. The predicted octanol–water partition coefficient (Wildman–Crippen LogP) is 4.50. The smallest absolute Gasteiger partial charge is 0.264 e. The lowest BCUT2D eigenvalue weighted by Gasteiger charge is -2.36. The minimum Gasteiger partial charge on any atom is -0.496 e. The minimum absolute atomic E-state index is 0.0731. The summed E-state index contributed by atoms with van der Waals surface area (Å²) >= 11 is 13.3. The lowest BCUT2D eigenvalue weighted by molar-refractivity contribution is 0.0751. The maximum Gasteiger partial charge on any atom is 0.264 e. The molecule has 0 aliphatic carbocycles. The molecule has 0 saturated carbocycles. The zero-order valence-electron chi connectivity index (χ0n) is 18.4. The van der Waals surface area contributed by atoms with Gasteiger partial charge in [-0.05, 0) is 54.0 Å². The van der Waals surface area contributed by atoms with E-state index in [1.54, 1.807) is 30.3 Å². The second-order valence-corrected chi connectivity index (χ2v) is 9.29. The number of hydrogen-bond donors (Lipinski definition) is 2. The predicted molar refractivity (Wildman–Crippen MR) is 141 cm³/mol. The molecule has 0 spiro atoms. The molecule has 2 N–H and O–H groups in total. The van der Waals surface area contributed by atoms with E-state index in [-0.39, 0.29) is 16.9 Å². The molecule has 0 bridgehead atoms. The molecule has 1 aromatic heterocycles. The van der Waals surface area contributed by atoms with Gasteiger partial charge >= 0.3 is 0 Å². The quantitative estimate of drug-likeness (QED) is 0.488. The molecule has 4 rings (SSSR count). The summed E-state index contributed by atoms with van der Waals surface area (Å²) in [4.78, 5) is 29.9. The third-order valence-electron chi connectivity index (χ3n) is 5.42. The Morgan fingerprint density at radius 2 is 1.82 bits per heavy atom. The number of nitrogens with zero attached hydrogens (tertiary/aromatic N) is 2. The van der Waals surface area contributed by atoms with Gasteiger partial charge in [0.05, 0.1) is 28.3 Å². The van der Waals surface area contributed by atoms with E-state index in [2.05, 4.69) is 15.5 Å². The average Bonchev–Trinajstić information content (AvgIpc) is 3.39. The van der Waals surface area contributed by atoms with Crippen molar-refractivity contribution in [1.82, 2.24) is 10.2 Å². The van der Waals surface area contributed by atoms with Crippen molar-refractivity contribution in [2.24, 2.45) is 0 Å². The number of hydrogen-bond acceptors (Lipinski definition) is 6. The van der Waals surface area contributed by atoms with Crippen LogP contribution < -0.4 is 20.3 Å². The molecule has 2 heterocycles. The van der Waals surface area contributed by atoms with Gasteiger partial charge in [0.2, 0.25) is 0 Å². The van der Waals surface area contributed by atoms with Crippen LogP contribution in [0.15, 0.2) is 60.0 Å². The number of benzene rings is 2. The van der Waals surface area contributed by atoms with Crippen LogP contribution in [0.5, 0.6) is 5.75 Å². The van der Waals surface area contributed by atoms with Crippen molar-refractivity contribution < 1.29 is 14.3 Å². The molecular weight excluding hydrogens is 492 g/mol. The maximum atomic E-state index is 12.6. The topological polar surface area (TPSA) is 73.9 Å². The SMILES string of the molecule is COc1ccccc1C(=O)NC(=S)Nc1ccc(N2CCN(C(=O)c3cccs3)CC2)c(Cl)c1. The molecule has 0 radical (unpaired) electrons. The molecule has 7 nitrogen and oxygen atoms in total. The van der Waals surface area contributed by atoms with Crippen LogP contribution in [0, 0.1) is 0 Å². The van der Waals surface area contributed by atoms with Crippen molar-refractivity contribution in [1.29, 1.82) is 0 Å². The Morgan fingerprint density at radius 3 is 2.50 bits per heavy atom. The number of piperazine rings is 1. The summed E-state index contributed by atoms with van der Waals surface area (Å²) in [7, 11) is 1.51. The van der Waals surface area contributed by atoms with Crippen molar-refractivity contribution in [3.8, 4) is 5.75 Å². The first kappa shape index (κ1) is 24.0. The summed E-state index contributed by atoms with van der Waals surface area (Å²) in [6.45, 7) is 2.65. The van der Waals surface area contributed by atoms with Gasteiger partial charge in [0.15, 0.2) is 5.11 Å². The third kappa shape index (κ3) is 5.49. The number of methoxy groups -OCH3 is 1. The first-order valence-corrected chi connectivity index (χ1v) is 12.3. The molecule has 10 heteroatoms. The van der Waals surface area contributed by atoms with Crippen LogP contribution in [-0.4, -0.2) is 55.1 Å². The van der Waals surface area contributed by atoms with E-state index >= 15 is 0 Å². The number of carbonyl (C=O) groups is 2. The van der Waals surface area contributed by atoms with Crippen LogP contribution in [0.4, 0.5) is 11.4 Å². The average molecular weight is 515 g/mol. The highest BCUT2D eigenvalue weighted by atomic mass is 35.5. The number of ether oxygens (including phenoxy) is 1. The molecule has 2 amide bonds. The molecule has 1 aliphatic heterocycles. The van der Waals surface area contributed by atoms with E-state index in [0.29, 0.717) is 48.2 Å². The van der Waals surface area contributed by atoms with Crippen LogP contribution in [-0.2, 0) is 0 Å². The number of halogens is 1. The second kappa shape index (κ2) is 10.9. The monoisotopic (exact) mass is 514 g/mol. The summed E-state index contributed by atoms with van der Waals surface area (Å²) in [6, 6.07) is 16.2. The number of anilines is 2. The second-order valence-electron chi connectivity index (χ2n) is 7.53. The van der Waals surface area contributed by atoms with Crippen LogP contribution in [0.1, 0.15) is 20.0 Å². The van der Waals surface area contributed by atoms with Crippen molar-refractivity contribution in [2.45, 2.75) is 0 Å². The fourth-order valence-corrected chi connectivity index (χ4v) is 4.91. The van der Waals surface area contributed by atoms with Gasteiger partial charge in [-0.25, -0.2) is 0 Å². The highest BCUT2D eigenvalue weighted by Crippen LogP contribution is 2.30. The summed E-state index contributed by atoms with van der Waals surface area (Å²) in [6.07, 6.45) is 0. The van der Waals surface area contributed by atoms with E-state index in [1.807, 2.05) is 34.5 Å². The molecule has 1 saturated heterocycles. The molecule has 34 heavy (non-hydrogen) atoms. The molecule has 3 aromatic rings. The number of para-hydroxylation sites is 1. The van der Waals surface area contributed by atoms with Gasteiger partial charge in [-0.3, -0.25) is 14.9 Å². The lowest BCUT2D eigenvalue weighted by atomic mass is 10.2. The largest absolute Gasteiger partial charge is 0.496 e. The van der Waals surface area contributed by atoms with Crippen LogP contribution in [0.3, 0.4) is 0 Å². The highest BCUT2D eigenvalue weighted by molar-refractivity contribution is 7.80. The summed E-state index contributed by atoms with van der Waals surface area (Å²) < 4.78 is 5.22. The Labute approximate surface area is 212 Å². The van der Waals surface area contributed by atoms with E-state index in [1.165, 1.54) is 18.4 Å². The molecular formula is C24H23ClN4O3S2. The van der Waals surface area contributed by atoms with Crippen molar-refractivity contribution >= 4 is 63.5 Å². The zero-order chi connectivity index (χ0) is 24.1. The number of nitrogens with one attached hydrogen (secondary N) is 2. The first-order valence-electron chi connectivity index (χ1n) is 10.6. The first-order chi connectivity index (χ1) is 16.5. The van der Waals surface area contributed by atoms with E-state index in [9.17, 15) is 9.59 Å². The Balaban J connectivity index is 1.34. The normalized spacial score (nSPS) is 13.4. The lowest BCUT2D eigenvalue weighted by Crippen LogP contribution is -2.48. The van der Waals surface area contributed by atoms with Crippen molar-refractivity contribution in [2.75, 3.05) is 43.5 Å². The Hall–Kier alpha value is -3.14. The molecule has 176 valence electrons. The van der Waals surface area contributed by atoms with E-state index in [4.69, 9.17) is 28.6 Å². The summed E-state index contributed by atoms with van der Waals surface area (Å²) in [5.41, 5.74) is 1.93. The Kier molecular flexibility index (Phi) is 7.66. The van der Waals surface area contributed by atoms with Crippen molar-refractivity contribution in [3.05, 3.63) is 75.4 Å². The number of amides is 2. The number of thiocarbonyl (C=S) groups is 1. The standard InChI is InChI=1S/C24H23ClN4O3S2/c1-32-20-6-3-2-5-17(20)22(30)27-24(33)26-16-8-9-19(18(25)15-16)28-10-12-29(13-11-28)23(31)21-7-4-14-34-21/h2-9,14-15H,10-13H2,1H3,(H2,26,27,30,33). The molecule has 1 fully saturated rings. The van der Waals surface area contributed by atoms with Gasteiger partial charge in [0.25, 0.3) is 11.8 Å². The number of rotatable bonds is 5. The Morgan fingerprint density at radius 1 is 1.06 bits per heavy atom. The fourth-order valence-electron chi connectivity index (χ4n) is 3.71. The number of carbonyl (C=O) groups excluding carboxylic acids is 2. The zero-order valence-corrected chi connectivity index (χ0v) is 20.8. The maximum absolute atomic E-state index is 12.6. The third-order valence-corrected chi connectivity index (χ3v) is 6.79. The van der Waals surface area contributed by atoms with Crippen molar-refractivity contribution in [3.63, 3.8) is 0 Å².